The van der Waals surface area contributed by atoms with E-state index in [-0.39, 0.29) is 36.8 Å². The normalized spacial score (nSPS) is 11.2. The number of para-hydroxylation sites is 1. The zero-order chi connectivity index (χ0) is 13.1. The fourth-order valence-corrected chi connectivity index (χ4v) is 1.72. The number of nitrogens with two attached hydrogens (primary N) is 1. The van der Waals surface area contributed by atoms with Gasteiger partial charge in [0.15, 0.2) is 0 Å². The minimum absolute atomic E-state index is 0. The molecule has 0 radical (unpaired) electrons. The van der Waals surface area contributed by atoms with Crippen molar-refractivity contribution < 1.29 is 4.79 Å². The average molecular weight is 316 g/mol. The van der Waals surface area contributed by atoms with Crippen LogP contribution in [0.3, 0.4) is 0 Å². The summed E-state index contributed by atoms with van der Waals surface area (Å²) in [4.78, 5) is 18.2. The number of carbonyl (C=O) groups excluding carboxylic acids is 1. The second-order valence-electron chi connectivity index (χ2n) is 4.39. The van der Waals surface area contributed by atoms with E-state index in [1.54, 1.807) is 18.0 Å². The molecule has 0 aliphatic carbocycles. The first-order valence-electron chi connectivity index (χ1n) is 5.96. The molecule has 2 N–H and O–H groups in total. The maximum Gasteiger partial charge on any atom is 0.272 e. The predicted octanol–water partition coefficient (Wildman–Crippen LogP) is 2.50. The molecule has 0 aliphatic rings. The Balaban J connectivity index is 0.00000180. The van der Waals surface area contributed by atoms with Crippen molar-refractivity contribution >= 4 is 41.6 Å². The number of halogens is 2. The first-order valence-corrected chi connectivity index (χ1v) is 5.96. The third-order valence-electron chi connectivity index (χ3n) is 3.14. The number of rotatable bonds is 3. The smallest absolute Gasteiger partial charge is 0.272 e. The fraction of sp³-hybridized carbons (Fsp3) is 0.286. The van der Waals surface area contributed by atoms with Gasteiger partial charge < -0.3 is 10.6 Å². The first-order chi connectivity index (χ1) is 8.63. The largest absolute Gasteiger partial charge is 0.336 e. The van der Waals surface area contributed by atoms with Gasteiger partial charge in [0.1, 0.15) is 5.69 Å². The zero-order valence-corrected chi connectivity index (χ0v) is 13.1. The summed E-state index contributed by atoms with van der Waals surface area (Å²) < 4.78 is 0. The van der Waals surface area contributed by atoms with Crippen molar-refractivity contribution in [2.45, 2.75) is 13.0 Å². The highest BCUT2D eigenvalue weighted by molar-refractivity contribution is 5.94. The Labute approximate surface area is 131 Å². The molecule has 0 fully saturated rings. The molecule has 20 heavy (non-hydrogen) atoms. The van der Waals surface area contributed by atoms with Gasteiger partial charge in [-0.2, -0.15) is 0 Å². The Kier molecular flexibility index (Phi) is 7.50. The molecule has 1 unspecified atom stereocenters. The van der Waals surface area contributed by atoms with Crippen LogP contribution in [0, 0.1) is 0 Å². The number of hydrogen-bond acceptors (Lipinski definition) is 3. The highest BCUT2D eigenvalue weighted by Gasteiger charge is 2.17. The van der Waals surface area contributed by atoms with E-state index in [9.17, 15) is 4.79 Å². The van der Waals surface area contributed by atoms with Crippen LogP contribution in [0.4, 0.5) is 0 Å². The highest BCUT2D eigenvalue weighted by atomic mass is 35.5. The van der Waals surface area contributed by atoms with Gasteiger partial charge in [-0.25, -0.2) is 4.98 Å². The monoisotopic (exact) mass is 315 g/mol. The molecule has 0 bridgehead atoms. The molecular formula is C14H19Cl2N3O. The van der Waals surface area contributed by atoms with E-state index in [2.05, 4.69) is 4.98 Å². The molecule has 1 heterocycles. The molecule has 0 saturated heterocycles. The van der Waals surface area contributed by atoms with E-state index >= 15 is 0 Å². The Morgan fingerprint density at radius 2 is 1.90 bits per heavy atom. The second kappa shape index (κ2) is 8.04. The van der Waals surface area contributed by atoms with E-state index in [1.807, 2.05) is 37.3 Å². The van der Waals surface area contributed by atoms with E-state index in [0.29, 0.717) is 12.2 Å². The minimum Gasteiger partial charge on any atom is -0.336 e. The van der Waals surface area contributed by atoms with Gasteiger partial charge in [-0.3, -0.25) is 4.79 Å². The lowest BCUT2D eigenvalue weighted by atomic mass is 10.2. The van der Waals surface area contributed by atoms with E-state index in [1.165, 1.54) is 0 Å². The third-order valence-corrected chi connectivity index (χ3v) is 3.14. The van der Waals surface area contributed by atoms with Crippen molar-refractivity contribution in [3.05, 3.63) is 42.1 Å². The van der Waals surface area contributed by atoms with Gasteiger partial charge in [-0.05, 0) is 19.1 Å². The Hall–Kier alpha value is -1.36. The number of fused-ring (bicyclic) bond motifs is 1. The molecule has 110 valence electrons. The van der Waals surface area contributed by atoms with Crippen LogP contribution in [0.2, 0.25) is 0 Å². The average Bonchev–Trinajstić information content (AvgIpc) is 2.44. The molecule has 1 aromatic carbocycles. The maximum atomic E-state index is 12.2. The van der Waals surface area contributed by atoms with Crippen molar-refractivity contribution in [3.63, 3.8) is 0 Å². The van der Waals surface area contributed by atoms with Crippen molar-refractivity contribution in [3.8, 4) is 0 Å². The number of nitrogens with zero attached hydrogens (tertiary/aromatic N) is 2. The van der Waals surface area contributed by atoms with Gasteiger partial charge in [-0.15, -0.1) is 24.8 Å². The summed E-state index contributed by atoms with van der Waals surface area (Å²) in [5.74, 6) is -0.0984. The molecule has 1 aromatic heterocycles. The van der Waals surface area contributed by atoms with E-state index in [0.717, 1.165) is 10.9 Å². The maximum absolute atomic E-state index is 12.2. The van der Waals surface area contributed by atoms with Crippen LogP contribution in [0.15, 0.2) is 36.4 Å². The van der Waals surface area contributed by atoms with Crippen LogP contribution in [0.25, 0.3) is 10.9 Å². The zero-order valence-electron chi connectivity index (χ0n) is 11.4. The summed E-state index contributed by atoms with van der Waals surface area (Å²) in [7, 11) is 1.75. The minimum atomic E-state index is -0.0984. The topological polar surface area (TPSA) is 59.2 Å². The number of amides is 1. The summed E-state index contributed by atoms with van der Waals surface area (Å²) in [6.07, 6.45) is 0. The van der Waals surface area contributed by atoms with Gasteiger partial charge in [0.2, 0.25) is 0 Å². The predicted molar refractivity (Wildman–Crippen MR) is 86.8 cm³/mol. The molecule has 0 aliphatic heterocycles. The van der Waals surface area contributed by atoms with Crippen LogP contribution >= 0.6 is 24.8 Å². The summed E-state index contributed by atoms with van der Waals surface area (Å²) in [6.45, 7) is 2.36. The third kappa shape index (κ3) is 3.82. The van der Waals surface area contributed by atoms with Gasteiger partial charge in [0, 0.05) is 25.0 Å². The molecule has 2 aromatic rings. The molecule has 2 rings (SSSR count). The number of carbonyl (C=O) groups is 1. The molecule has 6 heteroatoms. The summed E-state index contributed by atoms with van der Waals surface area (Å²) in [6, 6.07) is 11.4. The van der Waals surface area contributed by atoms with Crippen molar-refractivity contribution in [2.75, 3.05) is 13.6 Å². The second-order valence-corrected chi connectivity index (χ2v) is 4.39. The van der Waals surface area contributed by atoms with Gasteiger partial charge in [0.05, 0.1) is 5.52 Å². The van der Waals surface area contributed by atoms with Crippen LogP contribution in [0.5, 0.6) is 0 Å². The lowest BCUT2D eigenvalue weighted by molar-refractivity contribution is 0.0743. The standard InChI is InChI=1S/C14H17N3O.2ClH/c1-10(9-15)17(2)14(18)13-8-7-11-5-3-4-6-12(11)16-13;;/h3-8,10H,9,15H2,1-2H3;2*1H. The fourth-order valence-electron chi connectivity index (χ4n) is 1.72. The van der Waals surface area contributed by atoms with E-state index in [4.69, 9.17) is 5.73 Å². The molecule has 0 saturated carbocycles. The molecular weight excluding hydrogens is 297 g/mol. The summed E-state index contributed by atoms with van der Waals surface area (Å²) >= 11 is 0. The molecule has 1 amide bonds. The van der Waals surface area contributed by atoms with Crippen molar-refractivity contribution in [1.82, 2.24) is 9.88 Å². The Morgan fingerprint density at radius 3 is 2.55 bits per heavy atom. The summed E-state index contributed by atoms with van der Waals surface area (Å²) in [5, 5.41) is 1.03. The van der Waals surface area contributed by atoms with Gasteiger partial charge in [0.25, 0.3) is 5.91 Å². The van der Waals surface area contributed by atoms with Gasteiger partial charge >= 0.3 is 0 Å². The lowest BCUT2D eigenvalue weighted by Gasteiger charge is -2.23. The quantitative estimate of drug-likeness (QED) is 0.946. The number of likely N-dealkylation sites (N-methyl/N-ethyl adjacent to an activating group) is 1. The highest BCUT2D eigenvalue weighted by Crippen LogP contribution is 2.13. The first kappa shape index (κ1) is 18.6. The number of benzene rings is 1. The van der Waals surface area contributed by atoms with Crippen molar-refractivity contribution in [1.29, 1.82) is 0 Å². The Bertz CT molecular complexity index is 577. The van der Waals surface area contributed by atoms with Crippen LogP contribution in [0.1, 0.15) is 17.4 Å². The summed E-state index contributed by atoms with van der Waals surface area (Å²) in [5.41, 5.74) is 6.85. The van der Waals surface area contributed by atoms with Crippen LogP contribution < -0.4 is 5.73 Å². The molecule has 0 spiro atoms. The van der Waals surface area contributed by atoms with Crippen LogP contribution in [-0.2, 0) is 0 Å². The van der Waals surface area contributed by atoms with Crippen LogP contribution in [-0.4, -0.2) is 35.4 Å². The van der Waals surface area contributed by atoms with E-state index < -0.39 is 0 Å². The Morgan fingerprint density at radius 1 is 1.25 bits per heavy atom. The molecule has 1 atom stereocenters. The molecule has 4 nitrogen and oxygen atoms in total. The van der Waals surface area contributed by atoms with Gasteiger partial charge in [-0.1, -0.05) is 24.3 Å². The van der Waals surface area contributed by atoms with Crippen molar-refractivity contribution in [2.24, 2.45) is 5.73 Å². The number of aromatic nitrogens is 1. The number of hydrogen-bond donors (Lipinski definition) is 1. The SMILES string of the molecule is CC(CN)N(C)C(=O)c1ccc2ccccc2n1.Cl.Cl. The lowest BCUT2D eigenvalue weighted by Crippen LogP contribution is -2.40. The number of pyridine rings is 1.